The first-order chi connectivity index (χ1) is 7.24. The summed E-state index contributed by atoms with van der Waals surface area (Å²) in [6.45, 7) is 13.6. The Kier molecular flexibility index (Phi) is 11.5. The highest BCUT2D eigenvalue weighted by Crippen LogP contribution is 2.12. The van der Waals surface area contributed by atoms with Crippen molar-refractivity contribution in [2.75, 3.05) is 0 Å². The summed E-state index contributed by atoms with van der Waals surface area (Å²) >= 11 is 0. The minimum Gasteiger partial charge on any atom is -0.300 e. The molecule has 1 nitrogen and oxygen atoms in total. The first-order valence-electron chi connectivity index (χ1n) is 5.52. The van der Waals surface area contributed by atoms with Gasteiger partial charge in [0, 0.05) is 0 Å². The lowest BCUT2D eigenvalue weighted by Gasteiger charge is -2.05. The topological polar surface area (TPSA) is 23.9 Å². The van der Waals surface area contributed by atoms with E-state index in [2.05, 4.69) is 6.58 Å². The molecule has 0 aromatic rings. The van der Waals surface area contributed by atoms with E-state index in [-0.39, 0.29) is 0 Å². The van der Waals surface area contributed by atoms with Gasteiger partial charge in [0.25, 0.3) is 0 Å². The van der Waals surface area contributed by atoms with Crippen LogP contribution in [0, 0.1) is 5.41 Å². The molecule has 0 bridgehead atoms. The predicted octanol–water partition coefficient (Wildman–Crippen LogP) is 4.69. The summed E-state index contributed by atoms with van der Waals surface area (Å²) in [5.41, 5.74) is 2.66. The zero-order valence-corrected chi connectivity index (χ0v) is 10.6. The van der Waals surface area contributed by atoms with Gasteiger partial charge in [-0.3, -0.25) is 0 Å². The highest BCUT2D eigenvalue weighted by molar-refractivity contribution is 6.09. The van der Waals surface area contributed by atoms with E-state index in [4.69, 9.17) is 5.41 Å². The van der Waals surface area contributed by atoms with Crippen molar-refractivity contribution in [2.24, 2.45) is 0 Å². The number of hydrogen-bond acceptors (Lipinski definition) is 1. The van der Waals surface area contributed by atoms with E-state index in [1.54, 1.807) is 12.2 Å². The quantitative estimate of drug-likeness (QED) is 0.642. The molecule has 1 aliphatic carbocycles. The summed E-state index contributed by atoms with van der Waals surface area (Å²) in [7, 11) is 0. The van der Waals surface area contributed by atoms with Crippen LogP contribution in [0.2, 0.25) is 0 Å². The van der Waals surface area contributed by atoms with Crippen molar-refractivity contribution in [1.82, 2.24) is 0 Å². The fourth-order valence-electron chi connectivity index (χ4n) is 0.947. The molecule has 0 spiro atoms. The summed E-state index contributed by atoms with van der Waals surface area (Å²) in [4.78, 5) is 0. The molecule has 0 unspecified atom stereocenters. The van der Waals surface area contributed by atoms with Crippen molar-refractivity contribution in [3.05, 3.63) is 48.1 Å². The van der Waals surface area contributed by atoms with E-state index in [0.717, 1.165) is 5.57 Å². The minimum atomic E-state index is 0.551. The minimum absolute atomic E-state index is 0.551. The molecular weight excluding hydrogens is 182 g/mol. The van der Waals surface area contributed by atoms with Crippen molar-refractivity contribution in [1.29, 1.82) is 5.41 Å². The molecule has 1 N–H and O–H groups in total. The van der Waals surface area contributed by atoms with Crippen LogP contribution in [0.3, 0.4) is 0 Å². The van der Waals surface area contributed by atoms with Gasteiger partial charge in [0.2, 0.25) is 0 Å². The molecule has 0 saturated carbocycles. The molecule has 0 radical (unpaired) electrons. The molecule has 0 saturated heterocycles. The van der Waals surface area contributed by atoms with Crippen molar-refractivity contribution in [3.8, 4) is 0 Å². The summed E-state index contributed by atoms with van der Waals surface area (Å²) in [6.07, 6.45) is 9.25. The molecule has 0 fully saturated rings. The fourth-order valence-corrected chi connectivity index (χ4v) is 0.947. The highest BCUT2D eigenvalue weighted by atomic mass is 14.4. The van der Waals surface area contributed by atoms with Crippen molar-refractivity contribution in [2.45, 2.75) is 34.6 Å². The van der Waals surface area contributed by atoms with E-state index >= 15 is 0 Å². The molecule has 1 aliphatic rings. The lowest BCUT2D eigenvalue weighted by molar-refractivity contribution is 1.43. The lowest BCUT2D eigenvalue weighted by atomic mass is 10.0. The standard InChI is InChI=1S/C10H11N.2C2H6/c1-3-4-9-7-8(2)5-6-10(9)11;2*1-2/h3-7,11H,1H2,2H3;2*1-2H3/b9-4-,11-10?;;. The maximum atomic E-state index is 7.49. The van der Waals surface area contributed by atoms with E-state index in [1.165, 1.54) is 5.57 Å². The average molecular weight is 205 g/mol. The maximum Gasteiger partial charge on any atom is 0.0612 e. The first-order valence-corrected chi connectivity index (χ1v) is 5.52. The zero-order valence-electron chi connectivity index (χ0n) is 10.6. The molecule has 1 rings (SSSR count). The van der Waals surface area contributed by atoms with Crippen LogP contribution < -0.4 is 0 Å². The Morgan fingerprint density at radius 1 is 1.13 bits per heavy atom. The Morgan fingerprint density at radius 2 is 1.67 bits per heavy atom. The van der Waals surface area contributed by atoms with Crippen LogP contribution in [-0.2, 0) is 0 Å². The molecule has 0 atom stereocenters. The van der Waals surface area contributed by atoms with Gasteiger partial charge in [0.1, 0.15) is 0 Å². The van der Waals surface area contributed by atoms with E-state index < -0.39 is 0 Å². The van der Waals surface area contributed by atoms with Crippen molar-refractivity contribution in [3.63, 3.8) is 0 Å². The van der Waals surface area contributed by atoms with E-state index in [9.17, 15) is 0 Å². The Morgan fingerprint density at radius 3 is 2.13 bits per heavy atom. The molecule has 15 heavy (non-hydrogen) atoms. The Bertz CT molecular complexity index is 278. The van der Waals surface area contributed by atoms with Crippen LogP contribution in [0.4, 0.5) is 0 Å². The van der Waals surface area contributed by atoms with Crippen LogP contribution >= 0.6 is 0 Å². The van der Waals surface area contributed by atoms with Crippen LogP contribution in [-0.4, -0.2) is 5.71 Å². The second kappa shape index (κ2) is 10.7. The summed E-state index contributed by atoms with van der Waals surface area (Å²) < 4.78 is 0. The van der Waals surface area contributed by atoms with Crippen molar-refractivity contribution >= 4 is 5.71 Å². The summed E-state index contributed by atoms with van der Waals surface area (Å²) in [5.74, 6) is 0. The third-order valence-electron chi connectivity index (χ3n) is 1.50. The molecule has 0 aliphatic heterocycles. The summed E-state index contributed by atoms with van der Waals surface area (Å²) in [5, 5.41) is 7.49. The van der Waals surface area contributed by atoms with Gasteiger partial charge in [-0.25, -0.2) is 0 Å². The SMILES string of the molecule is C=C/C=C1/C=C(C)C=CC1=N.CC.CC. The smallest absolute Gasteiger partial charge is 0.0612 e. The monoisotopic (exact) mass is 205 g/mol. The van der Waals surface area contributed by atoms with Crippen LogP contribution in [0.5, 0.6) is 0 Å². The van der Waals surface area contributed by atoms with Crippen molar-refractivity contribution < 1.29 is 0 Å². The van der Waals surface area contributed by atoms with Gasteiger partial charge in [0.15, 0.2) is 0 Å². The number of nitrogens with one attached hydrogen (secondary N) is 1. The fraction of sp³-hybridized carbons (Fsp3) is 0.357. The largest absolute Gasteiger partial charge is 0.300 e. The van der Waals surface area contributed by atoms with Gasteiger partial charge >= 0.3 is 0 Å². The van der Waals surface area contributed by atoms with Gasteiger partial charge < -0.3 is 5.41 Å². The predicted molar refractivity (Wildman–Crippen MR) is 71.6 cm³/mol. The maximum absolute atomic E-state index is 7.49. The van der Waals surface area contributed by atoms with Crippen LogP contribution in [0.25, 0.3) is 0 Å². The number of allylic oxidation sites excluding steroid dienone is 7. The van der Waals surface area contributed by atoms with Gasteiger partial charge in [-0.1, -0.05) is 58.1 Å². The first kappa shape index (κ1) is 16.1. The van der Waals surface area contributed by atoms with Crippen LogP contribution in [0.15, 0.2) is 48.1 Å². The Balaban J connectivity index is 0. The Hall–Kier alpha value is -1.37. The second-order valence-electron chi connectivity index (χ2n) is 2.49. The zero-order chi connectivity index (χ0) is 12.3. The average Bonchev–Trinajstić information content (AvgIpc) is 2.29. The van der Waals surface area contributed by atoms with Gasteiger partial charge in [-0.05, 0) is 24.6 Å². The molecule has 84 valence electrons. The normalized spacial score (nSPS) is 15.7. The van der Waals surface area contributed by atoms with Crippen LogP contribution in [0.1, 0.15) is 34.6 Å². The molecule has 1 heteroatoms. The third-order valence-corrected chi connectivity index (χ3v) is 1.50. The van der Waals surface area contributed by atoms with Gasteiger partial charge in [0.05, 0.1) is 5.71 Å². The third kappa shape index (κ3) is 6.67. The second-order valence-corrected chi connectivity index (χ2v) is 2.49. The molecule has 0 heterocycles. The highest BCUT2D eigenvalue weighted by Gasteiger charge is 2.01. The molecule has 0 amide bonds. The number of rotatable bonds is 1. The van der Waals surface area contributed by atoms with E-state index in [0.29, 0.717) is 5.71 Å². The number of hydrogen-bond donors (Lipinski definition) is 1. The molecular formula is C14H23N. The van der Waals surface area contributed by atoms with E-state index in [1.807, 2.05) is 52.8 Å². The molecule has 0 aromatic heterocycles. The summed E-state index contributed by atoms with van der Waals surface area (Å²) in [6, 6.07) is 0. The van der Waals surface area contributed by atoms with Gasteiger partial charge in [-0.2, -0.15) is 0 Å². The molecule has 0 aromatic carbocycles. The Labute approximate surface area is 94.4 Å². The lowest BCUT2D eigenvalue weighted by Crippen LogP contribution is -1.98. The van der Waals surface area contributed by atoms with Gasteiger partial charge in [-0.15, -0.1) is 0 Å².